The summed E-state index contributed by atoms with van der Waals surface area (Å²) < 4.78 is 26.0. The first-order valence-electron chi connectivity index (χ1n) is 5.59. The Morgan fingerprint density at radius 3 is 2.60 bits per heavy atom. The number of benzene rings is 2. The third-order valence-corrected chi connectivity index (χ3v) is 2.91. The first-order valence-corrected chi connectivity index (χ1v) is 5.97. The molecule has 0 heterocycles. The van der Waals surface area contributed by atoms with Gasteiger partial charge in [0.1, 0.15) is 17.3 Å². The molecule has 0 saturated heterocycles. The van der Waals surface area contributed by atoms with Crippen molar-refractivity contribution in [1.82, 2.24) is 0 Å². The Balaban J connectivity index is 2.18. The lowest BCUT2D eigenvalue weighted by Gasteiger charge is -2.08. The van der Waals surface area contributed by atoms with Gasteiger partial charge in [-0.2, -0.15) is 0 Å². The average molecular weight is 299 g/mol. The van der Waals surface area contributed by atoms with Crippen molar-refractivity contribution in [2.45, 2.75) is 6.54 Å². The van der Waals surface area contributed by atoms with Crippen LogP contribution in [-0.2, 0) is 6.54 Å². The van der Waals surface area contributed by atoms with Gasteiger partial charge in [0.15, 0.2) is 0 Å². The van der Waals surface area contributed by atoms with E-state index in [0.29, 0.717) is 5.56 Å². The molecule has 0 aliphatic carbocycles. The van der Waals surface area contributed by atoms with Crippen LogP contribution in [0.4, 0.5) is 20.2 Å². The highest BCUT2D eigenvalue weighted by molar-refractivity contribution is 6.30. The second kappa shape index (κ2) is 5.83. The predicted molar refractivity (Wildman–Crippen MR) is 71.8 cm³/mol. The maximum Gasteiger partial charge on any atom is 0.295 e. The molecule has 0 unspecified atom stereocenters. The number of halogens is 3. The smallest absolute Gasteiger partial charge is 0.295 e. The zero-order valence-corrected chi connectivity index (χ0v) is 10.8. The monoisotopic (exact) mass is 298 g/mol. The molecule has 0 aromatic heterocycles. The first-order chi connectivity index (χ1) is 9.47. The van der Waals surface area contributed by atoms with Crippen molar-refractivity contribution in [1.29, 1.82) is 0 Å². The number of nitro groups is 1. The fourth-order valence-electron chi connectivity index (χ4n) is 1.65. The Hall–Kier alpha value is -2.21. The molecule has 0 bridgehead atoms. The summed E-state index contributed by atoms with van der Waals surface area (Å²) >= 11 is 5.64. The van der Waals surface area contributed by atoms with Crippen molar-refractivity contribution in [3.05, 3.63) is 68.7 Å². The molecule has 0 atom stereocenters. The molecule has 1 N–H and O–H groups in total. The van der Waals surface area contributed by atoms with Crippen molar-refractivity contribution < 1.29 is 13.7 Å². The molecule has 0 aliphatic rings. The van der Waals surface area contributed by atoms with Crippen molar-refractivity contribution in [3.63, 3.8) is 0 Å². The van der Waals surface area contributed by atoms with E-state index in [1.54, 1.807) is 0 Å². The van der Waals surface area contributed by atoms with E-state index in [0.717, 1.165) is 12.1 Å². The molecule has 0 aliphatic heterocycles. The third kappa shape index (κ3) is 3.21. The van der Waals surface area contributed by atoms with Gasteiger partial charge in [0.25, 0.3) is 5.69 Å². The summed E-state index contributed by atoms with van der Waals surface area (Å²) in [5.41, 5.74) is 0.463. The van der Waals surface area contributed by atoms with Crippen LogP contribution in [0.3, 0.4) is 0 Å². The van der Waals surface area contributed by atoms with E-state index in [-0.39, 0.29) is 22.9 Å². The molecule has 0 fully saturated rings. The minimum Gasteiger partial charge on any atom is -0.375 e. The fourth-order valence-corrected chi connectivity index (χ4v) is 1.86. The Labute approximate surface area is 118 Å². The number of hydrogen-bond donors (Lipinski definition) is 1. The molecule has 20 heavy (non-hydrogen) atoms. The highest BCUT2D eigenvalue weighted by Gasteiger charge is 2.14. The van der Waals surface area contributed by atoms with Crippen LogP contribution in [0, 0.1) is 21.7 Å². The summed E-state index contributed by atoms with van der Waals surface area (Å²) in [6.07, 6.45) is 0. The van der Waals surface area contributed by atoms with Crippen molar-refractivity contribution in [2.24, 2.45) is 0 Å². The lowest BCUT2D eigenvalue weighted by Crippen LogP contribution is -2.03. The Morgan fingerprint density at radius 1 is 1.20 bits per heavy atom. The molecule has 0 radical (unpaired) electrons. The molecular formula is C13H9ClF2N2O2. The number of rotatable bonds is 4. The highest BCUT2D eigenvalue weighted by Crippen LogP contribution is 2.26. The van der Waals surface area contributed by atoms with Crippen LogP contribution in [0.25, 0.3) is 0 Å². The van der Waals surface area contributed by atoms with Crippen molar-refractivity contribution in [2.75, 3.05) is 5.32 Å². The topological polar surface area (TPSA) is 55.2 Å². The minimum atomic E-state index is -0.688. The van der Waals surface area contributed by atoms with E-state index < -0.39 is 16.6 Å². The van der Waals surface area contributed by atoms with Gasteiger partial charge < -0.3 is 5.32 Å². The van der Waals surface area contributed by atoms with Gasteiger partial charge in [-0.25, -0.2) is 8.78 Å². The van der Waals surface area contributed by atoms with Crippen LogP contribution in [0.5, 0.6) is 0 Å². The molecule has 2 aromatic rings. The summed E-state index contributed by atoms with van der Waals surface area (Å²) in [6.45, 7) is 0.201. The summed E-state index contributed by atoms with van der Waals surface area (Å²) in [5, 5.41) is 13.6. The maximum absolute atomic E-state index is 13.0. The third-order valence-electron chi connectivity index (χ3n) is 2.62. The van der Waals surface area contributed by atoms with Gasteiger partial charge >= 0.3 is 0 Å². The number of hydrogen-bond acceptors (Lipinski definition) is 3. The average Bonchev–Trinajstić information content (AvgIpc) is 2.41. The number of nitro benzene ring substituents is 1. The number of nitrogens with one attached hydrogen (secondary N) is 1. The minimum absolute atomic E-state index is 0.0297. The summed E-state index contributed by atoms with van der Waals surface area (Å²) in [7, 11) is 0. The second-order valence-electron chi connectivity index (χ2n) is 4.02. The van der Waals surface area contributed by atoms with Crippen LogP contribution >= 0.6 is 11.6 Å². The first kappa shape index (κ1) is 14.2. The van der Waals surface area contributed by atoms with Gasteiger partial charge in [-0.05, 0) is 29.8 Å². The molecule has 0 amide bonds. The molecule has 0 saturated carbocycles. The van der Waals surface area contributed by atoms with Gasteiger partial charge in [0.2, 0.25) is 0 Å². The molecule has 104 valence electrons. The summed E-state index contributed by atoms with van der Waals surface area (Å²) in [5.74, 6) is -1.23. The van der Waals surface area contributed by atoms with E-state index in [1.165, 1.54) is 24.3 Å². The molecule has 2 rings (SSSR count). The van der Waals surface area contributed by atoms with E-state index in [9.17, 15) is 18.9 Å². The quantitative estimate of drug-likeness (QED) is 0.682. The van der Waals surface area contributed by atoms with E-state index in [2.05, 4.69) is 5.32 Å². The molecule has 7 heteroatoms. The summed E-state index contributed by atoms with van der Waals surface area (Å²) in [6, 6.07) is 7.35. The van der Waals surface area contributed by atoms with E-state index in [1.807, 2.05) is 0 Å². The van der Waals surface area contributed by atoms with Gasteiger partial charge in [-0.1, -0.05) is 17.7 Å². The van der Waals surface area contributed by atoms with E-state index in [4.69, 9.17) is 11.6 Å². The van der Waals surface area contributed by atoms with Crippen LogP contribution in [0.15, 0.2) is 36.4 Å². The molecule has 4 nitrogen and oxygen atoms in total. The normalized spacial score (nSPS) is 10.3. The lowest BCUT2D eigenvalue weighted by molar-refractivity contribution is -0.384. The Morgan fingerprint density at radius 2 is 1.95 bits per heavy atom. The van der Waals surface area contributed by atoms with Gasteiger partial charge in [-0.3, -0.25) is 10.1 Å². The van der Waals surface area contributed by atoms with Crippen molar-refractivity contribution in [3.8, 4) is 0 Å². The molecule has 0 spiro atoms. The zero-order valence-electron chi connectivity index (χ0n) is 10.1. The van der Waals surface area contributed by atoms with E-state index >= 15 is 0 Å². The standard InChI is InChI=1S/C13H9ClF2N2O2/c14-10-5-8(1-3-11(10)16)7-17-12-4-2-9(15)6-13(12)18(19)20/h1-6,17H,7H2. The van der Waals surface area contributed by atoms with Crippen LogP contribution < -0.4 is 5.32 Å². The second-order valence-corrected chi connectivity index (χ2v) is 4.43. The largest absolute Gasteiger partial charge is 0.375 e. The van der Waals surface area contributed by atoms with Gasteiger partial charge in [-0.15, -0.1) is 0 Å². The van der Waals surface area contributed by atoms with Crippen LogP contribution in [0.1, 0.15) is 5.56 Å². The number of nitrogens with zero attached hydrogens (tertiary/aromatic N) is 1. The fraction of sp³-hybridized carbons (Fsp3) is 0.0769. The summed E-state index contributed by atoms with van der Waals surface area (Å²) in [4.78, 5) is 10.1. The molecular weight excluding hydrogens is 290 g/mol. The number of anilines is 1. The highest BCUT2D eigenvalue weighted by atomic mass is 35.5. The SMILES string of the molecule is O=[N+]([O-])c1cc(F)ccc1NCc1ccc(F)c(Cl)c1. The predicted octanol–water partition coefficient (Wildman–Crippen LogP) is 4.14. The van der Waals surface area contributed by atoms with Crippen LogP contribution in [-0.4, -0.2) is 4.92 Å². The van der Waals surface area contributed by atoms with Crippen molar-refractivity contribution >= 4 is 23.0 Å². The zero-order chi connectivity index (χ0) is 14.7. The Bertz CT molecular complexity index is 665. The Kier molecular flexibility index (Phi) is 4.14. The lowest BCUT2D eigenvalue weighted by atomic mass is 10.2. The van der Waals surface area contributed by atoms with Gasteiger partial charge in [0, 0.05) is 6.54 Å². The van der Waals surface area contributed by atoms with Gasteiger partial charge in [0.05, 0.1) is 16.0 Å². The van der Waals surface area contributed by atoms with Crippen LogP contribution in [0.2, 0.25) is 5.02 Å². The maximum atomic E-state index is 13.0. The molecule has 2 aromatic carbocycles.